The van der Waals surface area contributed by atoms with E-state index >= 15 is 0 Å². The Morgan fingerprint density at radius 1 is 1.00 bits per heavy atom. The maximum Gasteiger partial charge on any atom is 0.253 e. The molecule has 1 fully saturated rings. The molecule has 5 rings (SSSR count). The van der Waals surface area contributed by atoms with Crippen molar-refractivity contribution in [2.75, 3.05) is 26.2 Å². The van der Waals surface area contributed by atoms with E-state index in [1.165, 1.54) is 0 Å². The minimum atomic E-state index is -0.553. The van der Waals surface area contributed by atoms with Crippen LogP contribution in [0.25, 0.3) is 11.1 Å². The molecule has 1 aliphatic heterocycles. The molecule has 0 spiro atoms. The number of aromatic nitrogens is 1. The minimum Gasteiger partial charge on any atom is -0.454 e. The first kappa shape index (κ1) is 20.1. The highest BCUT2D eigenvalue weighted by atomic mass is 16.7. The molecule has 3 aromatic rings. The third-order valence-electron chi connectivity index (χ3n) is 5.96. The number of fused-ring (bicyclic) bond motifs is 1. The molecule has 0 saturated heterocycles. The highest BCUT2D eigenvalue weighted by Crippen LogP contribution is 2.51. The van der Waals surface area contributed by atoms with E-state index in [4.69, 9.17) is 9.47 Å². The number of rotatable bonds is 5. The van der Waals surface area contributed by atoms with Gasteiger partial charge in [-0.25, -0.2) is 4.98 Å². The highest BCUT2D eigenvalue weighted by molar-refractivity contribution is 6.01. The van der Waals surface area contributed by atoms with Gasteiger partial charge in [0.2, 0.25) is 12.7 Å². The standard InChI is InChI=1S/C25H23N3O4.H2/c1-28(2)23(29)17-5-3-4-16(12-17)18-6-9-22(26-14-18)27-24(30)25(10-11-25)19-7-8-20-21(13-19)32-15-31-20;/h3-9,12-14H,10-11,15H2,1-2H3,(H,26,27,30);1H. The number of hydrogen-bond acceptors (Lipinski definition) is 5. The molecule has 1 aromatic heterocycles. The zero-order valence-corrected chi connectivity index (χ0v) is 17.9. The normalized spacial score (nSPS) is 15.2. The molecule has 1 aliphatic carbocycles. The lowest BCUT2D eigenvalue weighted by Gasteiger charge is -2.16. The van der Waals surface area contributed by atoms with Crippen LogP contribution in [0.3, 0.4) is 0 Å². The van der Waals surface area contributed by atoms with E-state index < -0.39 is 5.41 Å². The van der Waals surface area contributed by atoms with Gasteiger partial charge in [0, 0.05) is 32.8 Å². The zero-order valence-electron chi connectivity index (χ0n) is 17.9. The van der Waals surface area contributed by atoms with Crippen LogP contribution >= 0.6 is 0 Å². The van der Waals surface area contributed by atoms with Gasteiger partial charge in [-0.3, -0.25) is 9.59 Å². The fourth-order valence-electron chi connectivity index (χ4n) is 3.93. The van der Waals surface area contributed by atoms with Gasteiger partial charge in [0.25, 0.3) is 5.91 Å². The molecule has 7 heteroatoms. The molecular formula is C25H25N3O4. The average Bonchev–Trinajstić information content (AvgIpc) is 3.50. The third kappa shape index (κ3) is 3.56. The summed E-state index contributed by atoms with van der Waals surface area (Å²) < 4.78 is 10.8. The fourth-order valence-corrected chi connectivity index (χ4v) is 3.93. The number of carbonyl (C=O) groups is 2. The summed E-state index contributed by atoms with van der Waals surface area (Å²) >= 11 is 0. The summed E-state index contributed by atoms with van der Waals surface area (Å²) in [7, 11) is 3.45. The number of anilines is 1. The lowest BCUT2D eigenvalue weighted by atomic mass is 9.94. The average molecular weight is 431 g/mol. The molecule has 164 valence electrons. The molecule has 7 nitrogen and oxygen atoms in total. The van der Waals surface area contributed by atoms with Crippen LogP contribution in [-0.4, -0.2) is 42.6 Å². The lowest BCUT2D eigenvalue weighted by molar-refractivity contribution is -0.118. The first-order valence-corrected chi connectivity index (χ1v) is 10.5. The van der Waals surface area contributed by atoms with Gasteiger partial charge in [0.1, 0.15) is 5.82 Å². The van der Waals surface area contributed by atoms with Gasteiger partial charge in [-0.1, -0.05) is 18.2 Å². The Bertz CT molecular complexity index is 1210. The van der Waals surface area contributed by atoms with Crippen LogP contribution < -0.4 is 14.8 Å². The topological polar surface area (TPSA) is 80.8 Å². The van der Waals surface area contributed by atoms with Crippen LogP contribution in [0, 0.1) is 0 Å². The second kappa shape index (κ2) is 7.67. The summed E-state index contributed by atoms with van der Waals surface area (Å²) in [5, 5.41) is 2.95. The Labute approximate surface area is 187 Å². The number of ether oxygens (including phenoxy) is 2. The SMILES string of the molecule is CN(C)C(=O)c1cccc(-c2ccc(NC(=O)C3(c4ccc5c(c4)OCO5)CC3)nc2)c1.[HH]. The van der Waals surface area contributed by atoms with E-state index in [1.54, 1.807) is 37.3 Å². The number of nitrogens with zero attached hydrogens (tertiary/aromatic N) is 2. The number of carbonyl (C=O) groups excluding carboxylic acids is 2. The Morgan fingerprint density at radius 2 is 1.81 bits per heavy atom. The minimum absolute atomic E-state index is 0. The second-order valence-electron chi connectivity index (χ2n) is 8.32. The first-order chi connectivity index (χ1) is 15.5. The van der Waals surface area contributed by atoms with Gasteiger partial charge in [-0.05, 0) is 60.4 Å². The predicted octanol–water partition coefficient (Wildman–Crippen LogP) is 4.10. The molecule has 2 heterocycles. The molecule has 1 saturated carbocycles. The first-order valence-electron chi connectivity index (χ1n) is 10.5. The summed E-state index contributed by atoms with van der Waals surface area (Å²) in [5.74, 6) is 1.75. The Kier molecular flexibility index (Phi) is 4.81. The molecule has 2 amide bonds. The van der Waals surface area contributed by atoms with Crippen molar-refractivity contribution in [3.8, 4) is 22.6 Å². The molecule has 1 N–H and O–H groups in total. The second-order valence-corrected chi connectivity index (χ2v) is 8.32. The lowest BCUT2D eigenvalue weighted by Crippen LogP contribution is -2.28. The summed E-state index contributed by atoms with van der Waals surface area (Å²) in [6.07, 6.45) is 3.27. The van der Waals surface area contributed by atoms with Crippen LogP contribution in [0.2, 0.25) is 0 Å². The van der Waals surface area contributed by atoms with E-state index in [0.29, 0.717) is 22.9 Å². The number of nitrogens with one attached hydrogen (secondary N) is 1. The van der Waals surface area contributed by atoms with E-state index in [1.807, 2.05) is 42.5 Å². The molecule has 0 atom stereocenters. The predicted molar refractivity (Wildman–Crippen MR) is 122 cm³/mol. The van der Waals surface area contributed by atoms with Crippen LogP contribution in [0.5, 0.6) is 11.5 Å². The number of amides is 2. The molecule has 0 unspecified atom stereocenters. The molecule has 2 aliphatic rings. The monoisotopic (exact) mass is 431 g/mol. The van der Waals surface area contributed by atoms with Crippen molar-refractivity contribution in [1.29, 1.82) is 0 Å². The van der Waals surface area contributed by atoms with Crippen LogP contribution in [0.1, 0.15) is 30.2 Å². The molecule has 2 aromatic carbocycles. The van der Waals surface area contributed by atoms with E-state index in [0.717, 1.165) is 29.5 Å². The Hall–Kier alpha value is -3.87. The van der Waals surface area contributed by atoms with E-state index in [2.05, 4.69) is 10.3 Å². The van der Waals surface area contributed by atoms with Gasteiger partial charge >= 0.3 is 0 Å². The molecule has 0 radical (unpaired) electrons. The molecular weight excluding hydrogens is 406 g/mol. The van der Waals surface area contributed by atoms with Crippen molar-refractivity contribution in [1.82, 2.24) is 9.88 Å². The van der Waals surface area contributed by atoms with Crippen molar-refractivity contribution in [2.45, 2.75) is 18.3 Å². The summed E-state index contributed by atoms with van der Waals surface area (Å²) in [6.45, 7) is 0.209. The quantitative estimate of drug-likeness (QED) is 0.658. The number of pyridine rings is 1. The number of hydrogen-bond donors (Lipinski definition) is 1. The van der Waals surface area contributed by atoms with Crippen LogP contribution in [-0.2, 0) is 10.2 Å². The summed E-state index contributed by atoms with van der Waals surface area (Å²) in [4.78, 5) is 31.3. The maximum atomic E-state index is 13.1. The van der Waals surface area contributed by atoms with Crippen molar-refractivity contribution in [3.05, 3.63) is 71.9 Å². The zero-order chi connectivity index (χ0) is 22.3. The maximum absolute atomic E-state index is 13.1. The van der Waals surface area contributed by atoms with Gasteiger partial charge in [-0.15, -0.1) is 0 Å². The van der Waals surface area contributed by atoms with Gasteiger partial charge in [0.15, 0.2) is 11.5 Å². The van der Waals surface area contributed by atoms with Crippen molar-refractivity contribution >= 4 is 17.6 Å². The Morgan fingerprint density at radius 3 is 2.53 bits per heavy atom. The third-order valence-corrected chi connectivity index (χ3v) is 5.96. The van der Waals surface area contributed by atoms with Gasteiger partial charge in [-0.2, -0.15) is 0 Å². The van der Waals surface area contributed by atoms with Crippen LogP contribution in [0.15, 0.2) is 60.8 Å². The largest absolute Gasteiger partial charge is 0.454 e. The van der Waals surface area contributed by atoms with Gasteiger partial charge < -0.3 is 19.7 Å². The fraction of sp³-hybridized carbons (Fsp3) is 0.240. The van der Waals surface area contributed by atoms with Gasteiger partial charge in [0.05, 0.1) is 5.41 Å². The summed E-state index contributed by atoms with van der Waals surface area (Å²) in [5.41, 5.74) is 2.75. The highest BCUT2D eigenvalue weighted by Gasteiger charge is 2.51. The smallest absolute Gasteiger partial charge is 0.253 e. The Balaban J connectivity index is 0.00000259. The van der Waals surface area contributed by atoms with E-state index in [-0.39, 0.29) is 20.0 Å². The van der Waals surface area contributed by atoms with Crippen LogP contribution in [0.4, 0.5) is 5.82 Å². The molecule has 0 bridgehead atoms. The summed E-state index contributed by atoms with van der Waals surface area (Å²) in [6, 6.07) is 16.8. The van der Waals surface area contributed by atoms with Crippen molar-refractivity contribution in [2.24, 2.45) is 0 Å². The van der Waals surface area contributed by atoms with Crippen molar-refractivity contribution < 1.29 is 20.5 Å². The van der Waals surface area contributed by atoms with Crippen molar-refractivity contribution in [3.63, 3.8) is 0 Å². The number of benzene rings is 2. The molecule has 32 heavy (non-hydrogen) atoms. The van der Waals surface area contributed by atoms with E-state index in [9.17, 15) is 9.59 Å².